The van der Waals surface area contributed by atoms with Crippen molar-refractivity contribution in [3.63, 3.8) is 0 Å². The maximum absolute atomic E-state index is 5.29. The van der Waals surface area contributed by atoms with Crippen LogP contribution in [0.15, 0.2) is 34.6 Å². The highest BCUT2D eigenvalue weighted by molar-refractivity contribution is 7.15. The van der Waals surface area contributed by atoms with E-state index in [1.165, 1.54) is 0 Å². The van der Waals surface area contributed by atoms with E-state index in [4.69, 9.17) is 9.15 Å². The van der Waals surface area contributed by atoms with Crippen molar-refractivity contribution >= 4 is 16.3 Å². The molecule has 3 aromatic rings. The Morgan fingerprint density at radius 1 is 1.50 bits per heavy atom. The minimum absolute atomic E-state index is 0.682. The van der Waals surface area contributed by atoms with Crippen LogP contribution in [-0.4, -0.2) is 16.5 Å². The summed E-state index contributed by atoms with van der Waals surface area (Å²) in [6.07, 6.45) is 5.42. The molecule has 0 spiro atoms. The van der Waals surface area contributed by atoms with Crippen LogP contribution in [0.25, 0.3) is 4.96 Å². The molecule has 6 heteroatoms. The number of ether oxygens (including phenoxy) is 1. The highest BCUT2D eigenvalue weighted by Gasteiger charge is 2.12. The molecule has 0 atom stereocenters. The average Bonchev–Trinajstić information content (AvgIpc) is 3.06. The first-order chi connectivity index (χ1) is 8.88. The lowest BCUT2D eigenvalue weighted by Gasteiger charge is -2.04. The van der Waals surface area contributed by atoms with E-state index in [1.807, 2.05) is 22.0 Å². The van der Waals surface area contributed by atoms with Gasteiger partial charge in [-0.15, -0.1) is 11.3 Å². The smallest absolute Gasteiger partial charge is 0.237 e. The summed E-state index contributed by atoms with van der Waals surface area (Å²) in [6, 6.07) is 1.95. The highest BCUT2D eigenvalue weighted by atomic mass is 32.1. The van der Waals surface area contributed by atoms with Crippen LogP contribution < -0.4 is 10.1 Å². The Morgan fingerprint density at radius 2 is 2.44 bits per heavy atom. The van der Waals surface area contributed by atoms with Crippen LogP contribution in [0, 0.1) is 0 Å². The largest absolute Gasteiger partial charge is 0.480 e. The SMILES string of the molecule is COc1nc2sccn2c1CNCc1ccoc1. The predicted octanol–water partition coefficient (Wildman–Crippen LogP) is 2.29. The van der Waals surface area contributed by atoms with E-state index in [0.29, 0.717) is 12.4 Å². The number of hydrogen-bond donors (Lipinski definition) is 1. The van der Waals surface area contributed by atoms with Crippen molar-refractivity contribution in [3.05, 3.63) is 41.4 Å². The molecular weight excluding hydrogens is 250 g/mol. The second kappa shape index (κ2) is 4.83. The molecule has 0 saturated heterocycles. The minimum Gasteiger partial charge on any atom is -0.480 e. The van der Waals surface area contributed by atoms with E-state index in [1.54, 1.807) is 31.0 Å². The van der Waals surface area contributed by atoms with E-state index in [9.17, 15) is 0 Å². The van der Waals surface area contributed by atoms with Crippen molar-refractivity contribution in [2.24, 2.45) is 0 Å². The summed E-state index contributed by atoms with van der Waals surface area (Å²) < 4.78 is 12.4. The monoisotopic (exact) mass is 263 g/mol. The summed E-state index contributed by atoms with van der Waals surface area (Å²) in [6.45, 7) is 1.46. The number of nitrogens with one attached hydrogen (secondary N) is 1. The summed E-state index contributed by atoms with van der Waals surface area (Å²) in [4.78, 5) is 5.36. The van der Waals surface area contributed by atoms with E-state index < -0.39 is 0 Å². The zero-order valence-electron chi connectivity index (χ0n) is 9.92. The maximum Gasteiger partial charge on any atom is 0.237 e. The van der Waals surface area contributed by atoms with Gasteiger partial charge in [0.1, 0.15) is 5.69 Å². The summed E-state index contributed by atoms with van der Waals surface area (Å²) in [5.74, 6) is 0.682. The predicted molar refractivity (Wildman–Crippen MR) is 68.9 cm³/mol. The Kier molecular flexibility index (Phi) is 3.04. The van der Waals surface area contributed by atoms with Crippen molar-refractivity contribution in [3.8, 4) is 5.88 Å². The van der Waals surface area contributed by atoms with Crippen molar-refractivity contribution in [2.75, 3.05) is 7.11 Å². The molecule has 0 aliphatic heterocycles. The second-order valence-electron chi connectivity index (χ2n) is 3.86. The Hall–Kier alpha value is -1.79. The van der Waals surface area contributed by atoms with Gasteiger partial charge in [0.2, 0.25) is 5.88 Å². The van der Waals surface area contributed by atoms with Crippen LogP contribution in [0.1, 0.15) is 11.3 Å². The molecule has 1 N–H and O–H groups in total. The number of imidazole rings is 1. The third kappa shape index (κ3) is 2.00. The third-order valence-electron chi connectivity index (χ3n) is 2.72. The summed E-state index contributed by atoms with van der Waals surface area (Å²) in [5.41, 5.74) is 2.16. The van der Waals surface area contributed by atoms with Crippen molar-refractivity contribution in [1.29, 1.82) is 0 Å². The minimum atomic E-state index is 0.682. The van der Waals surface area contributed by atoms with Gasteiger partial charge in [-0.3, -0.25) is 4.40 Å². The standard InChI is InChI=1S/C12H13N3O2S/c1-16-11-10(15-3-5-18-12(15)14-11)7-13-6-9-2-4-17-8-9/h2-5,8,13H,6-7H2,1H3. The number of hydrogen-bond acceptors (Lipinski definition) is 5. The number of rotatable bonds is 5. The molecule has 0 aliphatic rings. The molecule has 0 aliphatic carbocycles. The van der Waals surface area contributed by atoms with E-state index in [0.717, 1.165) is 22.8 Å². The zero-order valence-corrected chi connectivity index (χ0v) is 10.7. The molecular formula is C12H13N3O2S. The van der Waals surface area contributed by atoms with Gasteiger partial charge in [-0.05, 0) is 6.07 Å². The van der Waals surface area contributed by atoms with Crippen LogP contribution in [0.3, 0.4) is 0 Å². The van der Waals surface area contributed by atoms with Crippen LogP contribution in [0.2, 0.25) is 0 Å². The number of aromatic nitrogens is 2. The first-order valence-electron chi connectivity index (χ1n) is 5.58. The second-order valence-corrected chi connectivity index (χ2v) is 4.73. The number of methoxy groups -OCH3 is 1. The fraction of sp³-hybridized carbons (Fsp3) is 0.250. The summed E-state index contributed by atoms with van der Waals surface area (Å²) in [7, 11) is 1.64. The van der Waals surface area contributed by atoms with Gasteiger partial charge in [0.15, 0.2) is 4.96 Å². The maximum atomic E-state index is 5.29. The lowest BCUT2D eigenvalue weighted by Crippen LogP contribution is -2.14. The third-order valence-corrected chi connectivity index (χ3v) is 3.48. The molecule has 5 nitrogen and oxygen atoms in total. The van der Waals surface area contributed by atoms with Gasteiger partial charge < -0.3 is 14.5 Å². The molecule has 3 aromatic heterocycles. The Morgan fingerprint density at radius 3 is 3.22 bits per heavy atom. The van der Waals surface area contributed by atoms with Gasteiger partial charge in [0.05, 0.1) is 19.6 Å². The molecule has 0 amide bonds. The molecule has 3 rings (SSSR count). The van der Waals surface area contributed by atoms with Crippen LogP contribution >= 0.6 is 11.3 Å². The Balaban J connectivity index is 1.74. The molecule has 0 saturated carbocycles. The number of nitrogens with zero attached hydrogens (tertiary/aromatic N) is 2. The summed E-state index contributed by atoms with van der Waals surface area (Å²) >= 11 is 1.60. The molecule has 94 valence electrons. The van der Waals surface area contributed by atoms with Crippen molar-refractivity contribution < 1.29 is 9.15 Å². The first-order valence-corrected chi connectivity index (χ1v) is 6.46. The fourth-order valence-corrected chi connectivity index (χ4v) is 2.58. The first kappa shape index (κ1) is 11.3. The topological polar surface area (TPSA) is 51.7 Å². The molecule has 3 heterocycles. The van der Waals surface area contributed by atoms with E-state index in [2.05, 4.69) is 10.3 Å². The lowest BCUT2D eigenvalue weighted by atomic mass is 10.3. The van der Waals surface area contributed by atoms with Crippen LogP contribution in [-0.2, 0) is 13.1 Å². The molecule has 0 unspecified atom stereocenters. The summed E-state index contributed by atoms with van der Waals surface area (Å²) in [5, 5.41) is 5.37. The fourth-order valence-electron chi connectivity index (χ4n) is 1.86. The Bertz CT molecular complexity index is 627. The normalized spacial score (nSPS) is 11.2. The van der Waals surface area contributed by atoms with Gasteiger partial charge in [-0.1, -0.05) is 0 Å². The number of furan rings is 1. The van der Waals surface area contributed by atoms with E-state index >= 15 is 0 Å². The zero-order chi connectivity index (χ0) is 12.4. The lowest BCUT2D eigenvalue weighted by molar-refractivity contribution is 0.393. The van der Waals surface area contributed by atoms with Crippen molar-refractivity contribution in [2.45, 2.75) is 13.1 Å². The van der Waals surface area contributed by atoms with Gasteiger partial charge in [0.25, 0.3) is 0 Å². The molecule has 0 bridgehead atoms. The molecule has 0 aromatic carbocycles. The molecule has 18 heavy (non-hydrogen) atoms. The Labute approximate surface area is 108 Å². The van der Waals surface area contributed by atoms with Crippen LogP contribution in [0.4, 0.5) is 0 Å². The number of thiazole rings is 1. The average molecular weight is 263 g/mol. The van der Waals surface area contributed by atoms with Crippen LogP contribution in [0.5, 0.6) is 5.88 Å². The van der Waals surface area contributed by atoms with Gasteiger partial charge in [-0.2, -0.15) is 4.98 Å². The van der Waals surface area contributed by atoms with Crippen molar-refractivity contribution in [1.82, 2.24) is 14.7 Å². The highest BCUT2D eigenvalue weighted by Crippen LogP contribution is 2.22. The van der Waals surface area contributed by atoms with Gasteiger partial charge in [-0.25, -0.2) is 0 Å². The van der Waals surface area contributed by atoms with Gasteiger partial charge in [0, 0.05) is 30.2 Å². The molecule has 0 radical (unpaired) electrons. The number of fused-ring (bicyclic) bond motifs is 1. The van der Waals surface area contributed by atoms with Gasteiger partial charge >= 0.3 is 0 Å². The van der Waals surface area contributed by atoms with E-state index in [-0.39, 0.29) is 0 Å². The quantitative estimate of drug-likeness (QED) is 0.767. The molecule has 0 fully saturated rings.